The van der Waals surface area contributed by atoms with Gasteiger partial charge in [-0.1, -0.05) is 68.1 Å². The van der Waals surface area contributed by atoms with E-state index in [1.54, 1.807) is 0 Å². The van der Waals surface area contributed by atoms with Crippen LogP contribution < -0.4 is 5.56 Å². The highest BCUT2D eigenvalue weighted by molar-refractivity contribution is 7.99. The number of thiophene rings is 1. The van der Waals surface area contributed by atoms with Crippen LogP contribution in [0.3, 0.4) is 0 Å². The maximum atomic E-state index is 13.0. The summed E-state index contributed by atoms with van der Waals surface area (Å²) < 4.78 is 0. The molecule has 0 aliphatic heterocycles. The molecule has 168 valence electrons. The number of carbonyl (C=O) groups excluding carboxylic acids is 1. The Labute approximate surface area is 201 Å². The second-order valence-corrected chi connectivity index (χ2v) is 10.7. The third-order valence-corrected chi connectivity index (χ3v) is 8.07. The normalized spacial score (nSPS) is 13.4. The molecule has 0 radical (unpaired) electrons. The summed E-state index contributed by atoms with van der Waals surface area (Å²) >= 11 is 2.76. The number of aromatic amines is 1. The quantitative estimate of drug-likeness (QED) is 0.194. The lowest BCUT2D eigenvalue weighted by atomic mass is 9.89. The molecule has 0 saturated carbocycles. The fourth-order valence-corrected chi connectivity index (χ4v) is 6.14. The highest BCUT2D eigenvalue weighted by atomic mass is 32.2. The van der Waals surface area contributed by atoms with Crippen LogP contribution >= 0.6 is 23.1 Å². The monoisotopic (exact) mass is 474 g/mol. The van der Waals surface area contributed by atoms with E-state index in [2.05, 4.69) is 42.0 Å². The van der Waals surface area contributed by atoms with E-state index in [-0.39, 0.29) is 17.1 Å². The Morgan fingerprint density at radius 1 is 1.09 bits per heavy atom. The number of rotatable bonds is 6. The number of H-pyrrole nitrogens is 1. The van der Waals surface area contributed by atoms with Crippen LogP contribution in [0.2, 0.25) is 0 Å². The summed E-state index contributed by atoms with van der Waals surface area (Å²) in [5.41, 5.74) is 6.59. The van der Waals surface area contributed by atoms with E-state index >= 15 is 0 Å². The molecule has 2 aromatic carbocycles. The number of aromatic nitrogens is 2. The zero-order valence-electron chi connectivity index (χ0n) is 18.8. The SMILES string of the molecule is CC(C)c1ccc(C(=O)CSc2nc3scc(-c4ccc5c(c4)CCCC5)c3c(=O)[nH]2)cc1. The van der Waals surface area contributed by atoms with Crippen molar-refractivity contribution in [2.45, 2.75) is 50.6 Å². The zero-order chi connectivity index (χ0) is 22.9. The van der Waals surface area contributed by atoms with E-state index in [4.69, 9.17) is 0 Å². The number of carbonyl (C=O) groups is 1. The first-order chi connectivity index (χ1) is 16.0. The second-order valence-electron chi connectivity index (χ2n) is 8.88. The predicted molar refractivity (Wildman–Crippen MR) is 138 cm³/mol. The Kier molecular flexibility index (Phi) is 6.21. The lowest BCUT2D eigenvalue weighted by Gasteiger charge is -2.16. The van der Waals surface area contributed by atoms with Crippen molar-refractivity contribution >= 4 is 39.1 Å². The Balaban J connectivity index is 1.36. The van der Waals surface area contributed by atoms with Gasteiger partial charge in [0.1, 0.15) is 4.83 Å². The average molecular weight is 475 g/mol. The van der Waals surface area contributed by atoms with Gasteiger partial charge in [0, 0.05) is 16.5 Å². The Hall–Kier alpha value is -2.70. The van der Waals surface area contributed by atoms with Crippen molar-refractivity contribution < 1.29 is 4.79 Å². The van der Waals surface area contributed by atoms with Gasteiger partial charge in [-0.3, -0.25) is 9.59 Å². The molecule has 0 amide bonds. The van der Waals surface area contributed by atoms with Gasteiger partial charge in [-0.15, -0.1) is 11.3 Å². The van der Waals surface area contributed by atoms with Gasteiger partial charge in [0.15, 0.2) is 10.9 Å². The Morgan fingerprint density at radius 3 is 2.61 bits per heavy atom. The van der Waals surface area contributed by atoms with Gasteiger partial charge in [-0.05, 0) is 53.9 Å². The highest BCUT2D eigenvalue weighted by Gasteiger charge is 2.17. The van der Waals surface area contributed by atoms with E-state index in [0.29, 0.717) is 26.9 Å². The number of aryl methyl sites for hydroxylation is 2. The fourth-order valence-electron chi connectivity index (χ4n) is 4.38. The molecule has 0 unspecified atom stereocenters. The molecule has 33 heavy (non-hydrogen) atoms. The van der Waals surface area contributed by atoms with Crippen LogP contribution in [0.4, 0.5) is 0 Å². The summed E-state index contributed by atoms with van der Waals surface area (Å²) in [5, 5.41) is 3.14. The molecule has 2 heterocycles. The second kappa shape index (κ2) is 9.27. The summed E-state index contributed by atoms with van der Waals surface area (Å²) in [6.07, 6.45) is 4.73. The molecule has 0 saturated heterocycles. The fraction of sp³-hybridized carbons (Fsp3) is 0.296. The third-order valence-electron chi connectivity index (χ3n) is 6.32. The molecule has 5 rings (SSSR count). The molecule has 4 nitrogen and oxygen atoms in total. The molecule has 0 spiro atoms. The largest absolute Gasteiger partial charge is 0.301 e. The van der Waals surface area contributed by atoms with E-state index < -0.39 is 0 Å². The van der Waals surface area contributed by atoms with Crippen molar-refractivity contribution in [2.75, 3.05) is 5.75 Å². The van der Waals surface area contributed by atoms with Crippen molar-refractivity contribution in [1.82, 2.24) is 9.97 Å². The van der Waals surface area contributed by atoms with Crippen LogP contribution in [-0.4, -0.2) is 21.5 Å². The lowest BCUT2D eigenvalue weighted by molar-refractivity contribution is 0.102. The molecule has 0 bridgehead atoms. The standard InChI is InChI=1S/C27H26N2O2S2/c1-16(2)17-7-10-19(11-8-17)23(30)15-33-27-28-25(31)24-22(14-32-26(24)29-27)21-12-9-18-5-3-4-6-20(18)13-21/h7-14,16H,3-6,15H2,1-2H3,(H,28,29,31). The van der Waals surface area contributed by atoms with Crippen LogP contribution in [0.5, 0.6) is 0 Å². The van der Waals surface area contributed by atoms with Gasteiger partial charge in [-0.25, -0.2) is 4.98 Å². The van der Waals surface area contributed by atoms with Crippen LogP contribution in [0, 0.1) is 0 Å². The van der Waals surface area contributed by atoms with Crippen molar-refractivity contribution in [3.8, 4) is 11.1 Å². The number of ketones is 1. The number of benzene rings is 2. The summed E-state index contributed by atoms with van der Waals surface area (Å²) in [6, 6.07) is 14.3. The smallest absolute Gasteiger partial charge is 0.260 e. The van der Waals surface area contributed by atoms with Crippen molar-refractivity contribution in [3.63, 3.8) is 0 Å². The molecule has 6 heteroatoms. The van der Waals surface area contributed by atoms with E-state index in [0.717, 1.165) is 24.0 Å². The van der Waals surface area contributed by atoms with Gasteiger partial charge in [0.25, 0.3) is 5.56 Å². The van der Waals surface area contributed by atoms with Crippen molar-refractivity contribution in [1.29, 1.82) is 0 Å². The van der Waals surface area contributed by atoms with Crippen LogP contribution in [0.15, 0.2) is 57.8 Å². The first kappa shape index (κ1) is 22.1. The van der Waals surface area contributed by atoms with Crippen LogP contribution in [0.25, 0.3) is 21.3 Å². The van der Waals surface area contributed by atoms with Gasteiger partial charge in [0.05, 0.1) is 11.1 Å². The Morgan fingerprint density at radius 2 is 1.85 bits per heavy atom. The minimum atomic E-state index is -0.148. The van der Waals surface area contributed by atoms with Crippen LogP contribution in [-0.2, 0) is 12.8 Å². The van der Waals surface area contributed by atoms with E-state index in [1.807, 2.05) is 29.6 Å². The van der Waals surface area contributed by atoms with E-state index in [9.17, 15) is 9.59 Å². The summed E-state index contributed by atoms with van der Waals surface area (Å²) in [4.78, 5) is 33.8. The molecule has 0 fully saturated rings. The first-order valence-corrected chi connectivity index (χ1v) is 13.3. The number of hydrogen-bond acceptors (Lipinski definition) is 5. The minimum absolute atomic E-state index is 0.0268. The summed E-state index contributed by atoms with van der Waals surface area (Å²) in [6.45, 7) is 4.26. The van der Waals surface area contributed by atoms with E-state index in [1.165, 1.54) is 52.6 Å². The lowest BCUT2D eigenvalue weighted by Crippen LogP contribution is -2.10. The Bertz CT molecular complexity index is 1380. The number of hydrogen-bond donors (Lipinski definition) is 1. The number of Topliss-reactive ketones (excluding diaryl/α,β-unsaturated/α-hetero) is 1. The minimum Gasteiger partial charge on any atom is -0.301 e. The number of fused-ring (bicyclic) bond motifs is 2. The molecule has 1 aliphatic carbocycles. The predicted octanol–water partition coefficient (Wildman–Crippen LogP) is 6.63. The van der Waals surface area contributed by atoms with Crippen LogP contribution in [0.1, 0.15) is 59.7 Å². The molecule has 1 aliphatic rings. The van der Waals surface area contributed by atoms with Gasteiger partial charge < -0.3 is 4.98 Å². The van der Waals surface area contributed by atoms with Crippen molar-refractivity contribution in [2.24, 2.45) is 0 Å². The molecular weight excluding hydrogens is 448 g/mol. The summed E-state index contributed by atoms with van der Waals surface area (Å²) in [5.74, 6) is 0.693. The molecule has 4 aromatic rings. The number of nitrogens with zero attached hydrogens (tertiary/aromatic N) is 1. The topological polar surface area (TPSA) is 62.8 Å². The maximum absolute atomic E-state index is 13.0. The molecule has 2 aromatic heterocycles. The molecule has 0 atom stereocenters. The average Bonchev–Trinajstić information content (AvgIpc) is 3.27. The maximum Gasteiger partial charge on any atom is 0.260 e. The number of thioether (sulfide) groups is 1. The highest BCUT2D eigenvalue weighted by Crippen LogP contribution is 2.34. The molecule has 1 N–H and O–H groups in total. The van der Waals surface area contributed by atoms with Crippen molar-refractivity contribution in [3.05, 3.63) is 80.5 Å². The first-order valence-electron chi connectivity index (χ1n) is 11.4. The van der Waals surface area contributed by atoms with Gasteiger partial charge in [0.2, 0.25) is 0 Å². The van der Waals surface area contributed by atoms with Gasteiger partial charge >= 0.3 is 0 Å². The van der Waals surface area contributed by atoms with Gasteiger partial charge in [-0.2, -0.15) is 0 Å². The summed E-state index contributed by atoms with van der Waals surface area (Å²) in [7, 11) is 0. The third kappa shape index (κ3) is 4.55. The zero-order valence-corrected chi connectivity index (χ0v) is 20.4. The number of nitrogens with one attached hydrogen (secondary N) is 1. The molecular formula is C27H26N2O2S2.